The van der Waals surface area contributed by atoms with Crippen molar-refractivity contribution in [2.24, 2.45) is 5.18 Å². The maximum absolute atomic E-state index is 10.3. The molecule has 0 saturated heterocycles. The van der Waals surface area contributed by atoms with Crippen LogP contribution in [0.25, 0.3) is 0 Å². The van der Waals surface area contributed by atoms with Gasteiger partial charge in [0.15, 0.2) is 0 Å². The summed E-state index contributed by atoms with van der Waals surface area (Å²) in [5, 5.41) is 2.84. The van der Waals surface area contributed by atoms with Crippen molar-refractivity contribution in [2.75, 3.05) is 7.11 Å². The zero-order valence-corrected chi connectivity index (χ0v) is 7.20. The van der Waals surface area contributed by atoms with Gasteiger partial charge in [0.05, 0.1) is 7.11 Å². The summed E-state index contributed by atoms with van der Waals surface area (Å²) in [5.74, 6) is 0.546. The molecule has 1 aromatic rings. The third-order valence-electron chi connectivity index (χ3n) is 1.75. The number of ether oxygens (including phenoxy) is 1. The Bertz CT molecular complexity index is 284. The number of nitroso groups, excluding NO2 is 1. The average molecular weight is 165 g/mol. The fourth-order valence-corrected chi connectivity index (χ4v) is 1.02. The van der Waals surface area contributed by atoms with Crippen LogP contribution in [-0.2, 0) is 6.42 Å². The number of nitrogens with zero attached hydrogens (tertiary/aromatic N) is 1. The van der Waals surface area contributed by atoms with Crippen LogP contribution in [0, 0.1) is 4.91 Å². The molecule has 0 radical (unpaired) electrons. The highest BCUT2D eigenvalue weighted by molar-refractivity contribution is 5.53. The van der Waals surface area contributed by atoms with Crippen LogP contribution >= 0.6 is 0 Å². The second-order valence-electron chi connectivity index (χ2n) is 2.45. The summed E-state index contributed by atoms with van der Waals surface area (Å²) < 4.78 is 4.98. The Kier molecular flexibility index (Phi) is 2.80. The van der Waals surface area contributed by atoms with E-state index in [9.17, 15) is 4.91 Å². The standard InChI is InChI=1S/C9H11NO2/c1-3-7-4-5-8(10-11)9(6-7)12-2/h4-6H,3H2,1-2H3. The molecule has 0 aromatic heterocycles. The summed E-state index contributed by atoms with van der Waals surface area (Å²) in [4.78, 5) is 10.3. The number of methoxy groups -OCH3 is 1. The van der Waals surface area contributed by atoms with Crippen LogP contribution in [0.2, 0.25) is 0 Å². The summed E-state index contributed by atoms with van der Waals surface area (Å²) in [6.07, 6.45) is 0.926. The monoisotopic (exact) mass is 165 g/mol. The van der Waals surface area contributed by atoms with Gasteiger partial charge in [-0.3, -0.25) is 0 Å². The first-order valence-electron chi connectivity index (χ1n) is 3.82. The van der Waals surface area contributed by atoms with Gasteiger partial charge in [-0.25, -0.2) is 0 Å². The predicted molar refractivity (Wildman–Crippen MR) is 47.8 cm³/mol. The van der Waals surface area contributed by atoms with Crippen LogP contribution in [0.4, 0.5) is 5.69 Å². The van der Waals surface area contributed by atoms with Gasteiger partial charge in [-0.1, -0.05) is 13.0 Å². The lowest BCUT2D eigenvalue weighted by atomic mass is 10.1. The van der Waals surface area contributed by atoms with Gasteiger partial charge in [-0.2, -0.15) is 0 Å². The van der Waals surface area contributed by atoms with Gasteiger partial charge in [0.1, 0.15) is 11.4 Å². The quantitative estimate of drug-likeness (QED) is 0.646. The molecule has 1 aromatic carbocycles. The van der Waals surface area contributed by atoms with Crippen LogP contribution < -0.4 is 4.74 Å². The van der Waals surface area contributed by atoms with Crippen molar-refractivity contribution < 1.29 is 4.74 Å². The van der Waals surface area contributed by atoms with Crippen molar-refractivity contribution in [3.63, 3.8) is 0 Å². The molecule has 64 valence electrons. The minimum Gasteiger partial charge on any atom is -0.494 e. The van der Waals surface area contributed by atoms with Crippen LogP contribution in [0.5, 0.6) is 5.75 Å². The first-order chi connectivity index (χ1) is 5.81. The molecular weight excluding hydrogens is 154 g/mol. The van der Waals surface area contributed by atoms with E-state index in [1.165, 1.54) is 7.11 Å². The molecule has 0 N–H and O–H groups in total. The summed E-state index contributed by atoms with van der Waals surface area (Å²) in [5.41, 5.74) is 1.49. The number of hydrogen-bond donors (Lipinski definition) is 0. The Balaban J connectivity index is 3.10. The molecule has 12 heavy (non-hydrogen) atoms. The first kappa shape index (κ1) is 8.71. The van der Waals surface area contributed by atoms with Gasteiger partial charge in [-0.15, -0.1) is 4.91 Å². The second kappa shape index (κ2) is 3.85. The maximum atomic E-state index is 10.3. The third-order valence-corrected chi connectivity index (χ3v) is 1.75. The summed E-state index contributed by atoms with van der Waals surface area (Å²) in [6.45, 7) is 2.04. The molecule has 3 nitrogen and oxygen atoms in total. The lowest BCUT2D eigenvalue weighted by molar-refractivity contribution is 0.415. The Morgan fingerprint density at radius 1 is 1.50 bits per heavy atom. The van der Waals surface area contributed by atoms with E-state index in [0.717, 1.165) is 12.0 Å². The number of hydrogen-bond acceptors (Lipinski definition) is 3. The molecule has 3 heteroatoms. The lowest BCUT2D eigenvalue weighted by Crippen LogP contribution is -1.86. The van der Waals surface area contributed by atoms with Crippen molar-refractivity contribution in [3.05, 3.63) is 28.7 Å². The molecule has 0 aliphatic heterocycles. The third kappa shape index (κ3) is 1.61. The molecular formula is C9H11NO2. The van der Waals surface area contributed by atoms with Crippen LogP contribution in [0.3, 0.4) is 0 Å². The highest BCUT2D eigenvalue weighted by Crippen LogP contribution is 2.27. The van der Waals surface area contributed by atoms with Crippen molar-refractivity contribution in [2.45, 2.75) is 13.3 Å². The van der Waals surface area contributed by atoms with Crippen LogP contribution in [-0.4, -0.2) is 7.11 Å². The largest absolute Gasteiger partial charge is 0.494 e. The van der Waals surface area contributed by atoms with Crippen LogP contribution in [0.15, 0.2) is 23.4 Å². The Labute approximate surface area is 71.3 Å². The van der Waals surface area contributed by atoms with Crippen molar-refractivity contribution >= 4 is 5.69 Å². The molecule has 0 heterocycles. The zero-order chi connectivity index (χ0) is 8.97. The van der Waals surface area contributed by atoms with E-state index in [4.69, 9.17) is 4.74 Å². The van der Waals surface area contributed by atoms with Crippen molar-refractivity contribution in [3.8, 4) is 5.75 Å². The molecule has 0 atom stereocenters. The number of benzene rings is 1. The molecule has 0 fully saturated rings. The van der Waals surface area contributed by atoms with Gasteiger partial charge >= 0.3 is 0 Å². The Hall–Kier alpha value is -1.38. The topological polar surface area (TPSA) is 38.7 Å². The SMILES string of the molecule is CCc1ccc(N=O)c(OC)c1. The molecule has 0 saturated carbocycles. The van der Waals surface area contributed by atoms with Gasteiger partial charge in [0, 0.05) is 0 Å². The highest BCUT2D eigenvalue weighted by atomic mass is 16.5. The molecule has 0 bridgehead atoms. The smallest absolute Gasteiger partial charge is 0.149 e. The summed E-state index contributed by atoms with van der Waals surface area (Å²) in [7, 11) is 1.53. The minimum absolute atomic E-state index is 0.356. The first-order valence-corrected chi connectivity index (χ1v) is 3.82. The van der Waals surface area contributed by atoms with E-state index in [1.807, 2.05) is 19.1 Å². The molecule has 1 rings (SSSR count). The number of aryl methyl sites for hydroxylation is 1. The molecule has 0 aliphatic carbocycles. The average Bonchev–Trinajstić information content (AvgIpc) is 2.16. The number of rotatable bonds is 3. The van der Waals surface area contributed by atoms with Crippen molar-refractivity contribution in [1.29, 1.82) is 0 Å². The van der Waals surface area contributed by atoms with E-state index in [0.29, 0.717) is 11.4 Å². The van der Waals surface area contributed by atoms with Crippen molar-refractivity contribution in [1.82, 2.24) is 0 Å². The van der Waals surface area contributed by atoms with E-state index in [-0.39, 0.29) is 0 Å². The maximum Gasteiger partial charge on any atom is 0.149 e. The summed E-state index contributed by atoms with van der Waals surface area (Å²) >= 11 is 0. The normalized spacial score (nSPS) is 9.50. The lowest BCUT2D eigenvalue weighted by Gasteiger charge is -2.03. The van der Waals surface area contributed by atoms with E-state index >= 15 is 0 Å². The van der Waals surface area contributed by atoms with E-state index in [1.54, 1.807) is 6.07 Å². The molecule has 0 spiro atoms. The second-order valence-corrected chi connectivity index (χ2v) is 2.45. The Morgan fingerprint density at radius 2 is 2.25 bits per heavy atom. The van der Waals surface area contributed by atoms with E-state index < -0.39 is 0 Å². The van der Waals surface area contributed by atoms with Crippen LogP contribution in [0.1, 0.15) is 12.5 Å². The van der Waals surface area contributed by atoms with Gasteiger partial charge in [0.2, 0.25) is 0 Å². The molecule has 0 amide bonds. The van der Waals surface area contributed by atoms with Gasteiger partial charge < -0.3 is 4.74 Å². The fourth-order valence-electron chi connectivity index (χ4n) is 1.02. The zero-order valence-electron chi connectivity index (χ0n) is 7.20. The predicted octanol–water partition coefficient (Wildman–Crippen LogP) is 2.66. The van der Waals surface area contributed by atoms with Gasteiger partial charge in [0.25, 0.3) is 0 Å². The highest BCUT2D eigenvalue weighted by Gasteiger charge is 2.02. The Morgan fingerprint density at radius 3 is 2.75 bits per heavy atom. The van der Waals surface area contributed by atoms with E-state index in [2.05, 4.69) is 5.18 Å². The minimum atomic E-state index is 0.356. The molecule has 0 unspecified atom stereocenters. The molecule has 0 aliphatic rings. The van der Waals surface area contributed by atoms with Gasteiger partial charge in [-0.05, 0) is 29.3 Å². The summed E-state index contributed by atoms with van der Waals surface area (Å²) in [6, 6.07) is 5.38. The fraction of sp³-hybridized carbons (Fsp3) is 0.333.